The molecule has 1 atom stereocenters. The van der Waals surface area contributed by atoms with Crippen molar-refractivity contribution in [2.24, 2.45) is 0 Å². The average molecular weight is 401 g/mol. The van der Waals surface area contributed by atoms with E-state index in [0.717, 1.165) is 31.5 Å². The van der Waals surface area contributed by atoms with Gasteiger partial charge in [-0.2, -0.15) is 9.97 Å². The van der Waals surface area contributed by atoms with Gasteiger partial charge in [-0.1, -0.05) is 17.7 Å². The van der Waals surface area contributed by atoms with Gasteiger partial charge in [0.15, 0.2) is 0 Å². The van der Waals surface area contributed by atoms with Crippen molar-refractivity contribution in [2.45, 2.75) is 32.1 Å². The van der Waals surface area contributed by atoms with Gasteiger partial charge in [0.05, 0.1) is 11.5 Å². The van der Waals surface area contributed by atoms with Crippen molar-refractivity contribution < 1.29 is 9.59 Å². The third-order valence-corrected chi connectivity index (χ3v) is 5.60. The van der Waals surface area contributed by atoms with Gasteiger partial charge < -0.3 is 21.3 Å². The summed E-state index contributed by atoms with van der Waals surface area (Å²) in [6, 6.07) is 5.27. The smallest absolute Gasteiger partial charge is 0.232 e. The Kier molecular flexibility index (Phi) is 4.80. The molecular weight excluding hydrogens is 380 g/mol. The molecular formula is C19H21ClN6O2. The molecule has 0 unspecified atom stereocenters. The molecule has 4 rings (SSSR count). The van der Waals surface area contributed by atoms with Crippen molar-refractivity contribution in [1.29, 1.82) is 0 Å². The van der Waals surface area contributed by atoms with E-state index in [2.05, 4.69) is 20.6 Å². The van der Waals surface area contributed by atoms with Crippen LogP contribution in [0, 0.1) is 6.92 Å². The minimum Gasteiger partial charge on any atom is -0.383 e. The fourth-order valence-electron chi connectivity index (χ4n) is 3.63. The van der Waals surface area contributed by atoms with Gasteiger partial charge in [-0.25, -0.2) is 0 Å². The number of nitrogens with zero attached hydrogens (tertiary/aromatic N) is 3. The number of carbonyl (C=O) groups excluding carboxylic acids is 2. The zero-order valence-electron chi connectivity index (χ0n) is 15.5. The van der Waals surface area contributed by atoms with Gasteiger partial charge >= 0.3 is 0 Å². The molecule has 2 aromatic rings. The van der Waals surface area contributed by atoms with Crippen molar-refractivity contribution in [3.05, 3.63) is 34.3 Å². The van der Waals surface area contributed by atoms with Crippen LogP contribution < -0.4 is 21.3 Å². The lowest BCUT2D eigenvalue weighted by Gasteiger charge is -2.27. The second-order valence-electron chi connectivity index (χ2n) is 7.07. The summed E-state index contributed by atoms with van der Waals surface area (Å²) < 4.78 is 0. The summed E-state index contributed by atoms with van der Waals surface area (Å²) in [6.45, 7) is 3.52. The monoisotopic (exact) mass is 400 g/mol. The number of benzene rings is 1. The van der Waals surface area contributed by atoms with Crippen LogP contribution in [0.3, 0.4) is 0 Å². The Hall–Kier alpha value is -2.87. The Morgan fingerprint density at radius 2 is 2.07 bits per heavy atom. The maximum absolute atomic E-state index is 13.0. The van der Waals surface area contributed by atoms with Crippen LogP contribution >= 0.6 is 11.6 Å². The van der Waals surface area contributed by atoms with E-state index in [-0.39, 0.29) is 24.1 Å². The van der Waals surface area contributed by atoms with Crippen molar-refractivity contribution in [3.63, 3.8) is 0 Å². The third kappa shape index (κ3) is 3.35. The Morgan fingerprint density at radius 3 is 2.82 bits per heavy atom. The highest BCUT2D eigenvalue weighted by Gasteiger charge is 2.35. The minimum atomic E-state index is -0.769. The first kappa shape index (κ1) is 18.5. The van der Waals surface area contributed by atoms with Crippen LogP contribution in [0.2, 0.25) is 5.02 Å². The lowest BCUT2D eigenvalue weighted by molar-refractivity contribution is -0.123. The lowest BCUT2D eigenvalue weighted by Crippen LogP contribution is -2.33. The van der Waals surface area contributed by atoms with Crippen LogP contribution in [0.5, 0.6) is 0 Å². The van der Waals surface area contributed by atoms with E-state index in [4.69, 9.17) is 17.3 Å². The predicted octanol–water partition coefficient (Wildman–Crippen LogP) is 2.69. The van der Waals surface area contributed by atoms with Crippen LogP contribution in [0.4, 0.5) is 23.3 Å². The second kappa shape index (κ2) is 7.27. The number of nitrogens with one attached hydrogen (secondary N) is 2. The normalized spacial score (nSPS) is 18.6. The SMILES string of the molecule is Cc1c(Cl)cccc1NC(=O)[C@H]1CC(=O)Nc2nc(N3CCCC3)nc(N)c21. The van der Waals surface area contributed by atoms with Gasteiger partial charge in [0.1, 0.15) is 11.6 Å². The summed E-state index contributed by atoms with van der Waals surface area (Å²) in [5.41, 5.74) is 8.01. The Labute approximate surface area is 167 Å². The standard InChI is InChI=1S/C19H21ClN6O2/c1-10-12(20)5-4-6-13(10)22-18(28)11-9-14(27)23-17-15(11)16(21)24-19(25-17)26-7-2-3-8-26/h4-6,11H,2-3,7-9H2,1H3,(H,22,28)(H3,21,23,24,25,27)/t11-/m0/s1. The first-order valence-electron chi connectivity index (χ1n) is 9.22. The maximum Gasteiger partial charge on any atom is 0.232 e. The Balaban J connectivity index is 1.67. The second-order valence-corrected chi connectivity index (χ2v) is 7.48. The summed E-state index contributed by atoms with van der Waals surface area (Å²) >= 11 is 6.13. The first-order valence-corrected chi connectivity index (χ1v) is 9.60. The molecule has 4 N–H and O–H groups in total. The number of amides is 2. The molecule has 0 bridgehead atoms. The van der Waals surface area contributed by atoms with Gasteiger partial charge in [-0.05, 0) is 37.5 Å². The first-order chi connectivity index (χ1) is 13.4. The summed E-state index contributed by atoms with van der Waals surface area (Å²) in [7, 11) is 0. The zero-order chi connectivity index (χ0) is 19.8. The van der Waals surface area contributed by atoms with Gasteiger partial charge in [0.2, 0.25) is 17.8 Å². The maximum atomic E-state index is 13.0. The van der Waals surface area contributed by atoms with Crippen LogP contribution in [0.25, 0.3) is 0 Å². The summed E-state index contributed by atoms with van der Waals surface area (Å²) in [5, 5.41) is 6.14. The number of anilines is 4. The molecule has 0 saturated carbocycles. The highest BCUT2D eigenvalue weighted by molar-refractivity contribution is 6.31. The van der Waals surface area contributed by atoms with Gasteiger partial charge in [-0.15, -0.1) is 0 Å². The molecule has 1 saturated heterocycles. The number of hydrogen-bond donors (Lipinski definition) is 3. The third-order valence-electron chi connectivity index (χ3n) is 5.19. The van der Waals surface area contributed by atoms with Crippen molar-refractivity contribution in [1.82, 2.24) is 9.97 Å². The number of carbonyl (C=O) groups is 2. The van der Waals surface area contributed by atoms with Crippen molar-refractivity contribution in [3.8, 4) is 0 Å². The minimum absolute atomic E-state index is 0.0188. The zero-order valence-corrected chi connectivity index (χ0v) is 16.2. The Morgan fingerprint density at radius 1 is 1.32 bits per heavy atom. The molecule has 1 aromatic heterocycles. The van der Waals surface area contributed by atoms with Crippen LogP contribution in [0.1, 0.15) is 36.3 Å². The molecule has 28 heavy (non-hydrogen) atoms. The molecule has 2 aliphatic rings. The molecule has 9 heteroatoms. The highest BCUT2D eigenvalue weighted by atomic mass is 35.5. The molecule has 146 valence electrons. The van der Waals surface area contributed by atoms with E-state index in [1.807, 2.05) is 11.8 Å². The molecule has 3 heterocycles. The van der Waals surface area contributed by atoms with E-state index in [1.165, 1.54) is 0 Å². The molecule has 1 aromatic carbocycles. The van der Waals surface area contributed by atoms with E-state index in [0.29, 0.717) is 28.0 Å². The number of halogens is 1. The van der Waals surface area contributed by atoms with Crippen molar-refractivity contribution >= 4 is 46.7 Å². The molecule has 0 radical (unpaired) electrons. The van der Waals surface area contributed by atoms with Crippen LogP contribution in [-0.2, 0) is 9.59 Å². The van der Waals surface area contributed by atoms with Gasteiger partial charge in [-0.3, -0.25) is 9.59 Å². The highest BCUT2D eigenvalue weighted by Crippen LogP contribution is 2.37. The summed E-state index contributed by atoms with van der Waals surface area (Å²) in [6.07, 6.45) is 2.11. The number of hydrogen-bond acceptors (Lipinski definition) is 6. The fraction of sp³-hybridized carbons (Fsp3) is 0.368. The fourth-order valence-corrected chi connectivity index (χ4v) is 3.80. The van der Waals surface area contributed by atoms with Crippen LogP contribution in [-0.4, -0.2) is 34.9 Å². The number of rotatable bonds is 3. The average Bonchev–Trinajstić information content (AvgIpc) is 3.19. The quantitative estimate of drug-likeness (QED) is 0.730. The van der Waals surface area contributed by atoms with E-state index in [1.54, 1.807) is 18.2 Å². The van der Waals surface area contributed by atoms with E-state index >= 15 is 0 Å². The largest absolute Gasteiger partial charge is 0.383 e. The number of aromatic nitrogens is 2. The molecule has 2 amide bonds. The molecule has 1 fully saturated rings. The number of nitrogen functional groups attached to an aromatic ring is 1. The number of fused-ring (bicyclic) bond motifs is 1. The number of nitrogens with two attached hydrogens (primary N) is 1. The molecule has 8 nitrogen and oxygen atoms in total. The van der Waals surface area contributed by atoms with E-state index in [9.17, 15) is 9.59 Å². The van der Waals surface area contributed by atoms with Gasteiger partial charge in [0, 0.05) is 30.2 Å². The van der Waals surface area contributed by atoms with Crippen LogP contribution in [0.15, 0.2) is 18.2 Å². The molecule has 0 aliphatic carbocycles. The van der Waals surface area contributed by atoms with Gasteiger partial charge in [0.25, 0.3) is 0 Å². The van der Waals surface area contributed by atoms with Crippen molar-refractivity contribution in [2.75, 3.05) is 34.4 Å². The summed E-state index contributed by atoms with van der Waals surface area (Å²) in [5.74, 6) is -0.370. The topological polar surface area (TPSA) is 113 Å². The van der Waals surface area contributed by atoms with E-state index < -0.39 is 5.92 Å². The molecule has 2 aliphatic heterocycles. The predicted molar refractivity (Wildman–Crippen MR) is 109 cm³/mol. The molecule has 0 spiro atoms. The lowest BCUT2D eigenvalue weighted by atomic mass is 9.91. The Bertz CT molecular complexity index is 958. The summed E-state index contributed by atoms with van der Waals surface area (Å²) in [4.78, 5) is 36.1.